The molecule has 0 bridgehead atoms. The monoisotopic (exact) mass is 310 g/mol. The van der Waals surface area contributed by atoms with Crippen LogP contribution in [0.2, 0.25) is 0 Å². The summed E-state index contributed by atoms with van der Waals surface area (Å²) in [4.78, 5) is 26.1. The van der Waals surface area contributed by atoms with Gasteiger partial charge in [-0.25, -0.2) is 9.97 Å². The quantitative estimate of drug-likeness (QED) is 0.807. The molecule has 0 saturated carbocycles. The first kappa shape index (κ1) is 14.6. The zero-order valence-electron chi connectivity index (χ0n) is 13.5. The molecule has 5 nitrogen and oxygen atoms in total. The molecule has 2 aromatic heterocycles. The first-order chi connectivity index (χ1) is 11.2. The summed E-state index contributed by atoms with van der Waals surface area (Å²) in [6.07, 6.45) is 4.75. The number of nitrogens with zero attached hydrogens (tertiary/aromatic N) is 4. The summed E-state index contributed by atoms with van der Waals surface area (Å²) >= 11 is 0. The van der Waals surface area contributed by atoms with Crippen LogP contribution < -0.4 is 0 Å². The number of fused-ring (bicyclic) bond motifs is 2. The van der Waals surface area contributed by atoms with Gasteiger partial charge in [0.15, 0.2) is 5.65 Å². The first-order valence-electron chi connectivity index (χ1n) is 8.41. The zero-order chi connectivity index (χ0) is 15.8. The second-order valence-electron chi connectivity index (χ2n) is 6.76. The second kappa shape index (κ2) is 5.89. The van der Waals surface area contributed by atoms with Crippen LogP contribution >= 0.6 is 0 Å². The Bertz CT molecular complexity index is 745. The molecule has 1 unspecified atom stereocenters. The molecular formula is C18H22N4O. The van der Waals surface area contributed by atoms with E-state index >= 15 is 0 Å². The van der Waals surface area contributed by atoms with Crippen molar-refractivity contribution in [1.29, 1.82) is 0 Å². The van der Waals surface area contributed by atoms with Gasteiger partial charge in [0.1, 0.15) is 0 Å². The normalized spacial score (nSPS) is 22.1. The molecular weight excluding hydrogens is 288 g/mol. The Kier molecular flexibility index (Phi) is 3.73. The largest absolute Gasteiger partial charge is 0.338 e. The Balaban J connectivity index is 1.56. The van der Waals surface area contributed by atoms with E-state index in [4.69, 9.17) is 0 Å². The number of pyridine rings is 2. The van der Waals surface area contributed by atoms with E-state index in [1.807, 2.05) is 17.0 Å². The fourth-order valence-corrected chi connectivity index (χ4v) is 3.78. The van der Waals surface area contributed by atoms with Crippen molar-refractivity contribution in [3.8, 4) is 0 Å². The average Bonchev–Trinajstić information content (AvgIpc) is 2.59. The fraction of sp³-hybridized carbons (Fsp3) is 0.500. The van der Waals surface area contributed by atoms with Gasteiger partial charge < -0.3 is 9.80 Å². The summed E-state index contributed by atoms with van der Waals surface area (Å²) in [6, 6.07) is 6.11. The summed E-state index contributed by atoms with van der Waals surface area (Å²) in [6.45, 7) is 3.46. The standard InChI is InChI=1S/C18H22N4O/c1-21-8-3-5-14(11-21)18(23)22-9-6-16-15(12-22)10-13-4-2-7-19-17(13)20-16/h2,4,7,10,14H,3,5-6,8-9,11-12H2,1H3. The van der Waals surface area contributed by atoms with Crippen LogP contribution in [0.25, 0.3) is 11.0 Å². The van der Waals surface area contributed by atoms with Crippen molar-refractivity contribution in [2.75, 3.05) is 26.7 Å². The maximum absolute atomic E-state index is 12.8. The average molecular weight is 310 g/mol. The third kappa shape index (κ3) is 2.81. The van der Waals surface area contributed by atoms with Crippen molar-refractivity contribution in [3.05, 3.63) is 35.7 Å². The Morgan fingerprint density at radius 1 is 1.35 bits per heavy atom. The van der Waals surface area contributed by atoms with E-state index in [1.54, 1.807) is 6.20 Å². The van der Waals surface area contributed by atoms with Crippen molar-refractivity contribution in [1.82, 2.24) is 19.8 Å². The van der Waals surface area contributed by atoms with E-state index in [0.717, 1.165) is 55.6 Å². The lowest BCUT2D eigenvalue weighted by molar-refractivity contribution is -0.138. The van der Waals surface area contributed by atoms with Gasteiger partial charge in [-0.1, -0.05) is 0 Å². The molecule has 2 aromatic rings. The van der Waals surface area contributed by atoms with Crippen LogP contribution in [0.3, 0.4) is 0 Å². The van der Waals surface area contributed by atoms with E-state index in [9.17, 15) is 4.79 Å². The van der Waals surface area contributed by atoms with Gasteiger partial charge in [-0.2, -0.15) is 0 Å². The SMILES string of the molecule is CN1CCCC(C(=O)N2CCc3nc4ncccc4cc3C2)C1. The summed E-state index contributed by atoms with van der Waals surface area (Å²) < 4.78 is 0. The second-order valence-corrected chi connectivity index (χ2v) is 6.76. The Labute approximate surface area is 136 Å². The van der Waals surface area contributed by atoms with E-state index < -0.39 is 0 Å². The smallest absolute Gasteiger partial charge is 0.227 e. The van der Waals surface area contributed by atoms with Crippen molar-refractivity contribution < 1.29 is 4.79 Å². The highest BCUT2D eigenvalue weighted by atomic mass is 16.2. The molecule has 2 aliphatic heterocycles. The zero-order valence-corrected chi connectivity index (χ0v) is 13.5. The Hall–Kier alpha value is -2.01. The Morgan fingerprint density at radius 2 is 2.26 bits per heavy atom. The lowest BCUT2D eigenvalue weighted by Gasteiger charge is -2.35. The number of rotatable bonds is 1. The maximum atomic E-state index is 12.8. The molecule has 120 valence electrons. The summed E-state index contributed by atoms with van der Waals surface area (Å²) in [5.41, 5.74) is 3.08. The minimum atomic E-state index is 0.158. The van der Waals surface area contributed by atoms with Crippen LogP contribution in [0.1, 0.15) is 24.1 Å². The number of carbonyl (C=O) groups is 1. The topological polar surface area (TPSA) is 49.3 Å². The van der Waals surface area contributed by atoms with Crippen molar-refractivity contribution in [2.45, 2.75) is 25.8 Å². The predicted octanol–water partition coefficient (Wildman–Crippen LogP) is 1.86. The molecule has 0 spiro atoms. The molecule has 4 rings (SSSR count). The van der Waals surface area contributed by atoms with Crippen LogP contribution in [0.5, 0.6) is 0 Å². The van der Waals surface area contributed by atoms with Crippen LogP contribution in [-0.2, 0) is 17.8 Å². The third-order valence-corrected chi connectivity index (χ3v) is 5.02. The third-order valence-electron chi connectivity index (χ3n) is 5.02. The highest BCUT2D eigenvalue weighted by Crippen LogP contribution is 2.24. The van der Waals surface area contributed by atoms with E-state index in [1.165, 1.54) is 5.56 Å². The van der Waals surface area contributed by atoms with E-state index in [0.29, 0.717) is 12.5 Å². The van der Waals surface area contributed by atoms with Crippen LogP contribution in [0.15, 0.2) is 24.4 Å². The van der Waals surface area contributed by atoms with Gasteiger partial charge in [0.2, 0.25) is 5.91 Å². The molecule has 5 heteroatoms. The van der Waals surface area contributed by atoms with Crippen molar-refractivity contribution >= 4 is 16.9 Å². The van der Waals surface area contributed by atoms with Gasteiger partial charge in [-0.3, -0.25) is 4.79 Å². The van der Waals surface area contributed by atoms with Crippen molar-refractivity contribution in [2.24, 2.45) is 5.92 Å². The van der Waals surface area contributed by atoms with Gasteiger partial charge >= 0.3 is 0 Å². The molecule has 1 fully saturated rings. The summed E-state index contributed by atoms with van der Waals surface area (Å²) in [5.74, 6) is 0.471. The predicted molar refractivity (Wildman–Crippen MR) is 88.9 cm³/mol. The minimum Gasteiger partial charge on any atom is -0.338 e. The molecule has 0 N–H and O–H groups in total. The van der Waals surface area contributed by atoms with Crippen LogP contribution in [-0.4, -0.2) is 52.4 Å². The van der Waals surface area contributed by atoms with Gasteiger partial charge in [-0.15, -0.1) is 0 Å². The number of hydrogen-bond donors (Lipinski definition) is 0. The lowest BCUT2D eigenvalue weighted by atomic mass is 9.95. The number of amides is 1. The van der Waals surface area contributed by atoms with Gasteiger partial charge in [0.25, 0.3) is 0 Å². The van der Waals surface area contributed by atoms with Gasteiger partial charge in [0, 0.05) is 43.3 Å². The summed E-state index contributed by atoms with van der Waals surface area (Å²) in [7, 11) is 2.11. The molecule has 0 radical (unpaired) electrons. The fourth-order valence-electron chi connectivity index (χ4n) is 3.78. The number of likely N-dealkylation sites (tertiary alicyclic amines) is 1. The molecule has 4 heterocycles. The minimum absolute atomic E-state index is 0.158. The highest BCUT2D eigenvalue weighted by Gasteiger charge is 2.30. The lowest BCUT2D eigenvalue weighted by Crippen LogP contribution is -2.45. The molecule has 1 atom stereocenters. The van der Waals surface area contributed by atoms with Gasteiger partial charge in [-0.05, 0) is 50.2 Å². The number of hydrogen-bond acceptors (Lipinski definition) is 4. The van der Waals surface area contributed by atoms with Crippen molar-refractivity contribution in [3.63, 3.8) is 0 Å². The highest BCUT2D eigenvalue weighted by molar-refractivity contribution is 5.80. The molecule has 1 amide bonds. The maximum Gasteiger partial charge on any atom is 0.227 e. The molecule has 23 heavy (non-hydrogen) atoms. The van der Waals surface area contributed by atoms with Crippen LogP contribution in [0.4, 0.5) is 0 Å². The molecule has 0 aromatic carbocycles. The number of aromatic nitrogens is 2. The summed E-state index contributed by atoms with van der Waals surface area (Å²) in [5, 5.41) is 1.05. The number of carbonyl (C=O) groups excluding carboxylic acids is 1. The van der Waals surface area contributed by atoms with Gasteiger partial charge in [0.05, 0.1) is 5.92 Å². The number of piperidine rings is 1. The van der Waals surface area contributed by atoms with E-state index in [2.05, 4.69) is 28.0 Å². The molecule has 0 aliphatic carbocycles. The molecule has 1 saturated heterocycles. The Morgan fingerprint density at radius 3 is 3.13 bits per heavy atom. The first-order valence-corrected chi connectivity index (χ1v) is 8.41. The van der Waals surface area contributed by atoms with E-state index in [-0.39, 0.29) is 5.92 Å². The van der Waals surface area contributed by atoms with Crippen LogP contribution in [0, 0.1) is 5.92 Å². The molecule has 2 aliphatic rings.